The molecule has 1 heterocycles. The molecular formula is C38H27N. The molecule has 0 saturated carbocycles. The van der Waals surface area contributed by atoms with Gasteiger partial charge in [0, 0.05) is 16.6 Å². The second-order valence-corrected chi connectivity index (χ2v) is 9.80. The van der Waals surface area contributed by atoms with Crippen LogP contribution in [0.4, 0.5) is 0 Å². The third-order valence-corrected chi connectivity index (χ3v) is 7.42. The van der Waals surface area contributed by atoms with E-state index in [1.807, 2.05) is 0 Å². The molecule has 1 nitrogen and oxygen atoms in total. The van der Waals surface area contributed by atoms with Gasteiger partial charge in [-0.05, 0) is 57.6 Å². The predicted molar refractivity (Wildman–Crippen MR) is 165 cm³/mol. The van der Waals surface area contributed by atoms with Crippen molar-refractivity contribution >= 4 is 10.9 Å². The average molecular weight is 498 g/mol. The summed E-state index contributed by atoms with van der Waals surface area (Å²) in [5, 5.41) is 1.24. The number of fused-ring (bicyclic) bond motifs is 1. The Balaban J connectivity index is 1.53. The molecule has 0 fully saturated rings. The quantitative estimate of drug-likeness (QED) is 0.223. The van der Waals surface area contributed by atoms with Crippen LogP contribution in [0.25, 0.3) is 61.2 Å². The van der Waals surface area contributed by atoms with E-state index in [4.69, 9.17) is 0 Å². The standard InChI is InChI=1S/C38H27N/c1-5-13-28(14-6-1)30-21-24-34(25-22-30)39-36-26-23-33(29-15-7-2-8-16-29)27-35(36)37(31-17-9-3-10-18-31)38(39)32-19-11-4-12-20-32/h1-27H. The second-order valence-electron chi connectivity index (χ2n) is 9.80. The van der Waals surface area contributed by atoms with Crippen LogP contribution < -0.4 is 0 Å². The fraction of sp³-hybridized carbons (Fsp3) is 0. The smallest absolute Gasteiger partial charge is 0.0619 e. The topological polar surface area (TPSA) is 4.93 Å². The first-order valence-electron chi connectivity index (χ1n) is 13.4. The van der Waals surface area contributed by atoms with E-state index in [0.29, 0.717) is 0 Å². The van der Waals surface area contributed by atoms with Gasteiger partial charge in [-0.25, -0.2) is 0 Å². The third-order valence-electron chi connectivity index (χ3n) is 7.42. The van der Waals surface area contributed by atoms with Gasteiger partial charge < -0.3 is 4.57 Å². The summed E-state index contributed by atoms with van der Waals surface area (Å²) in [4.78, 5) is 0. The Morgan fingerprint density at radius 2 is 0.769 bits per heavy atom. The van der Waals surface area contributed by atoms with Gasteiger partial charge in [-0.15, -0.1) is 0 Å². The lowest BCUT2D eigenvalue weighted by atomic mass is 9.96. The number of benzene rings is 6. The first-order chi connectivity index (χ1) is 19.4. The van der Waals surface area contributed by atoms with Crippen LogP contribution in [0.1, 0.15) is 0 Å². The van der Waals surface area contributed by atoms with Crippen molar-refractivity contribution in [3.8, 4) is 50.3 Å². The molecule has 1 heteroatoms. The van der Waals surface area contributed by atoms with Gasteiger partial charge in [0.25, 0.3) is 0 Å². The van der Waals surface area contributed by atoms with Gasteiger partial charge in [-0.3, -0.25) is 0 Å². The van der Waals surface area contributed by atoms with Crippen molar-refractivity contribution in [2.45, 2.75) is 0 Å². The maximum atomic E-state index is 2.43. The van der Waals surface area contributed by atoms with Gasteiger partial charge in [0.2, 0.25) is 0 Å². The highest BCUT2D eigenvalue weighted by Gasteiger charge is 2.21. The Kier molecular flexibility index (Phi) is 5.88. The summed E-state index contributed by atoms with van der Waals surface area (Å²) in [6.07, 6.45) is 0. The number of aromatic nitrogens is 1. The van der Waals surface area contributed by atoms with E-state index in [1.165, 1.54) is 55.5 Å². The zero-order valence-corrected chi connectivity index (χ0v) is 21.5. The van der Waals surface area contributed by atoms with Crippen LogP contribution in [-0.4, -0.2) is 4.57 Å². The summed E-state index contributed by atoms with van der Waals surface area (Å²) in [6, 6.07) is 58.6. The Morgan fingerprint density at radius 1 is 0.333 bits per heavy atom. The van der Waals surface area contributed by atoms with Crippen LogP contribution in [0.2, 0.25) is 0 Å². The normalized spacial score (nSPS) is 11.1. The van der Waals surface area contributed by atoms with E-state index in [0.717, 1.165) is 5.69 Å². The Hall–Kier alpha value is -5.14. The molecule has 0 bridgehead atoms. The largest absolute Gasteiger partial charge is 0.309 e. The van der Waals surface area contributed by atoms with Gasteiger partial charge in [0.15, 0.2) is 0 Å². The molecule has 6 aromatic carbocycles. The highest BCUT2D eigenvalue weighted by Crippen LogP contribution is 2.44. The molecule has 1 aromatic heterocycles. The highest BCUT2D eigenvalue weighted by molar-refractivity contribution is 6.07. The zero-order chi connectivity index (χ0) is 26.0. The molecule has 0 aliphatic carbocycles. The summed E-state index contributed by atoms with van der Waals surface area (Å²) in [6.45, 7) is 0. The van der Waals surface area contributed by atoms with Crippen LogP contribution in [0.3, 0.4) is 0 Å². The van der Waals surface area contributed by atoms with Crippen molar-refractivity contribution in [2.75, 3.05) is 0 Å². The molecule has 39 heavy (non-hydrogen) atoms. The summed E-state index contributed by atoms with van der Waals surface area (Å²) < 4.78 is 2.43. The minimum Gasteiger partial charge on any atom is -0.309 e. The lowest BCUT2D eigenvalue weighted by molar-refractivity contribution is 1.14. The lowest BCUT2D eigenvalue weighted by Crippen LogP contribution is -1.97. The number of hydrogen-bond acceptors (Lipinski definition) is 0. The summed E-state index contributed by atoms with van der Waals surface area (Å²) in [7, 11) is 0. The summed E-state index contributed by atoms with van der Waals surface area (Å²) >= 11 is 0. The fourth-order valence-corrected chi connectivity index (χ4v) is 5.57. The third kappa shape index (κ3) is 4.24. The minimum absolute atomic E-state index is 1.15. The molecule has 0 N–H and O–H groups in total. The molecule has 0 spiro atoms. The Morgan fingerprint density at radius 3 is 1.33 bits per heavy atom. The molecule has 184 valence electrons. The van der Waals surface area contributed by atoms with Crippen LogP contribution in [0.5, 0.6) is 0 Å². The second kappa shape index (κ2) is 9.96. The van der Waals surface area contributed by atoms with Crippen LogP contribution in [0, 0.1) is 0 Å². The molecule has 0 aliphatic rings. The van der Waals surface area contributed by atoms with Gasteiger partial charge >= 0.3 is 0 Å². The van der Waals surface area contributed by atoms with Gasteiger partial charge in [0.05, 0.1) is 11.2 Å². The van der Waals surface area contributed by atoms with Gasteiger partial charge in [-0.2, -0.15) is 0 Å². The van der Waals surface area contributed by atoms with E-state index in [2.05, 4.69) is 168 Å². The molecule has 0 saturated heterocycles. The SMILES string of the molecule is c1ccc(-c2ccc(-n3c(-c4ccccc4)c(-c4ccccc4)c4cc(-c5ccccc5)ccc43)cc2)cc1. The number of nitrogens with zero attached hydrogens (tertiary/aromatic N) is 1. The molecule has 7 aromatic rings. The summed E-state index contributed by atoms with van der Waals surface area (Å²) in [5.74, 6) is 0. The maximum absolute atomic E-state index is 2.43. The molecule has 0 radical (unpaired) electrons. The highest BCUT2D eigenvalue weighted by atomic mass is 15.0. The van der Waals surface area contributed by atoms with Crippen molar-refractivity contribution < 1.29 is 0 Å². The van der Waals surface area contributed by atoms with Crippen molar-refractivity contribution in [1.82, 2.24) is 4.57 Å². The van der Waals surface area contributed by atoms with E-state index < -0.39 is 0 Å². The summed E-state index contributed by atoms with van der Waals surface area (Å²) in [5.41, 5.74) is 12.1. The number of hydrogen-bond donors (Lipinski definition) is 0. The van der Waals surface area contributed by atoms with Gasteiger partial charge in [-0.1, -0.05) is 140 Å². The first-order valence-corrected chi connectivity index (χ1v) is 13.4. The van der Waals surface area contributed by atoms with Crippen LogP contribution in [0.15, 0.2) is 164 Å². The zero-order valence-electron chi connectivity index (χ0n) is 21.5. The van der Waals surface area contributed by atoms with E-state index in [1.54, 1.807) is 0 Å². The van der Waals surface area contributed by atoms with E-state index in [9.17, 15) is 0 Å². The minimum atomic E-state index is 1.15. The Bertz CT molecular complexity index is 1850. The van der Waals surface area contributed by atoms with Crippen molar-refractivity contribution in [3.05, 3.63) is 164 Å². The van der Waals surface area contributed by atoms with Crippen molar-refractivity contribution in [1.29, 1.82) is 0 Å². The average Bonchev–Trinajstić information content (AvgIpc) is 3.37. The molecule has 0 unspecified atom stereocenters. The van der Waals surface area contributed by atoms with E-state index in [-0.39, 0.29) is 0 Å². The number of rotatable bonds is 5. The molecule has 0 atom stereocenters. The van der Waals surface area contributed by atoms with Crippen LogP contribution >= 0.6 is 0 Å². The molecular weight excluding hydrogens is 470 g/mol. The predicted octanol–water partition coefficient (Wildman–Crippen LogP) is 10.3. The molecule has 0 amide bonds. The fourth-order valence-electron chi connectivity index (χ4n) is 5.57. The van der Waals surface area contributed by atoms with Crippen molar-refractivity contribution in [3.63, 3.8) is 0 Å². The monoisotopic (exact) mass is 497 g/mol. The first kappa shape index (κ1) is 23.0. The van der Waals surface area contributed by atoms with Crippen molar-refractivity contribution in [2.24, 2.45) is 0 Å². The molecule has 7 rings (SSSR count). The van der Waals surface area contributed by atoms with E-state index >= 15 is 0 Å². The van der Waals surface area contributed by atoms with Gasteiger partial charge in [0.1, 0.15) is 0 Å². The maximum Gasteiger partial charge on any atom is 0.0619 e. The van der Waals surface area contributed by atoms with Crippen LogP contribution in [-0.2, 0) is 0 Å². The lowest BCUT2D eigenvalue weighted by Gasteiger charge is -2.14. The Labute approximate surface area is 229 Å². The molecule has 0 aliphatic heterocycles.